The van der Waals surface area contributed by atoms with Crippen LogP contribution >= 0.6 is 0 Å². The summed E-state index contributed by atoms with van der Waals surface area (Å²) in [6.07, 6.45) is 6.31. The zero-order valence-corrected chi connectivity index (χ0v) is 19.3. The van der Waals surface area contributed by atoms with Crippen LogP contribution < -0.4 is 10.1 Å². The minimum Gasteiger partial charge on any atom is -0.496 e. The van der Waals surface area contributed by atoms with E-state index in [1.165, 1.54) is 12.4 Å². The highest BCUT2D eigenvalue weighted by Gasteiger charge is 2.48. The molecule has 3 unspecified atom stereocenters. The van der Waals surface area contributed by atoms with Crippen molar-refractivity contribution in [3.05, 3.63) is 65.8 Å². The van der Waals surface area contributed by atoms with Crippen molar-refractivity contribution in [2.24, 2.45) is 0 Å². The standard InChI is InChI=1S/C26H27FN4O3/c1-16-10-18(5-6-21(16)27)30-26-20-12-17(25(33-2)13-22(20)28-15-29-26)11-19(32)4-3-8-31-23-7-9-34-14-24(23)31/h3-6,10,12-13,15,23-24H,7-9,11,14H2,1-2H3,(H,28,29,30)/b4-3+. The first kappa shape index (κ1) is 22.4. The first-order valence-electron chi connectivity index (χ1n) is 11.4. The predicted octanol–water partition coefficient (Wildman–Crippen LogP) is 3.97. The van der Waals surface area contributed by atoms with Crippen LogP contribution in [-0.2, 0) is 16.0 Å². The molecule has 0 aliphatic carbocycles. The summed E-state index contributed by atoms with van der Waals surface area (Å²) in [5.74, 6) is 0.918. The molecule has 0 bridgehead atoms. The van der Waals surface area contributed by atoms with E-state index in [0.29, 0.717) is 34.7 Å². The Morgan fingerprint density at radius 2 is 2.18 bits per heavy atom. The van der Waals surface area contributed by atoms with Crippen LogP contribution in [0.5, 0.6) is 5.75 Å². The van der Waals surface area contributed by atoms with Crippen molar-refractivity contribution in [1.29, 1.82) is 0 Å². The van der Waals surface area contributed by atoms with E-state index in [0.717, 1.165) is 42.8 Å². The number of halogens is 1. The lowest BCUT2D eigenvalue weighted by molar-refractivity contribution is -0.114. The Kier molecular flexibility index (Phi) is 6.26. The van der Waals surface area contributed by atoms with Gasteiger partial charge in [0.2, 0.25) is 0 Å². The molecule has 1 N–H and O–H groups in total. The second-order valence-corrected chi connectivity index (χ2v) is 8.73. The van der Waals surface area contributed by atoms with Crippen LogP contribution in [0.3, 0.4) is 0 Å². The molecule has 2 aromatic carbocycles. The average molecular weight is 463 g/mol. The third-order valence-corrected chi connectivity index (χ3v) is 6.50. The predicted molar refractivity (Wildman–Crippen MR) is 128 cm³/mol. The summed E-state index contributed by atoms with van der Waals surface area (Å²) in [4.78, 5) is 23.8. The SMILES string of the molecule is COc1cc2ncnc(Nc3ccc(F)c(C)c3)c2cc1CC(=O)/C=C/CN1C2CCOCC21. The van der Waals surface area contributed by atoms with Crippen molar-refractivity contribution in [3.63, 3.8) is 0 Å². The Labute approximate surface area is 197 Å². The Morgan fingerprint density at radius 1 is 1.29 bits per heavy atom. The summed E-state index contributed by atoms with van der Waals surface area (Å²) in [5.41, 5.74) is 2.70. The van der Waals surface area contributed by atoms with Gasteiger partial charge < -0.3 is 14.8 Å². The first-order valence-corrected chi connectivity index (χ1v) is 11.4. The van der Waals surface area contributed by atoms with Crippen molar-refractivity contribution in [2.75, 3.05) is 32.2 Å². The van der Waals surface area contributed by atoms with E-state index in [4.69, 9.17) is 9.47 Å². The van der Waals surface area contributed by atoms with E-state index >= 15 is 0 Å². The number of aryl methyl sites for hydroxylation is 1. The fourth-order valence-electron chi connectivity index (χ4n) is 4.60. The fraction of sp³-hybridized carbons (Fsp3) is 0.346. The Balaban J connectivity index is 1.33. The smallest absolute Gasteiger partial charge is 0.159 e. The van der Waals surface area contributed by atoms with Gasteiger partial charge in [0.25, 0.3) is 0 Å². The molecule has 3 heterocycles. The van der Waals surface area contributed by atoms with Crippen molar-refractivity contribution < 1.29 is 18.7 Å². The van der Waals surface area contributed by atoms with E-state index in [-0.39, 0.29) is 18.0 Å². The van der Waals surface area contributed by atoms with Crippen LogP contribution in [0, 0.1) is 12.7 Å². The van der Waals surface area contributed by atoms with Crippen LogP contribution in [0.15, 0.2) is 48.8 Å². The zero-order chi connectivity index (χ0) is 23.7. The van der Waals surface area contributed by atoms with Gasteiger partial charge in [-0.25, -0.2) is 14.4 Å². The number of carbonyl (C=O) groups excluding carboxylic acids is 1. The highest BCUT2D eigenvalue weighted by Crippen LogP contribution is 2.34. The number of hydrogen-bond donors (Lipinski definition) is 1. The number of anilines is 2. The zero-order valence-electron chi connectivity index (χ0n) is 19.3. The van der Waals surface area contributed by atoms with Gasteiger partial charge in [0.05, 0.1) is 19.2 Å². The van der Waals surface area contributed by atoms with E-state index in [2.05, 4.69) is 20.2 Å². The molecule has 0 amide bonds. The molecule has 8 heteroatoms. The molecule has 2 aliphatic rings. The third-order valence-electron chi connectivity index (χ3n) is 6.50. The first-order chi connectivity index (χ1) is 16.5. The van der Waals surface area contributed by atoms with Gasteiger partial charge in [0.15, 0.2) is 5.78 Å². The number of allylic oxidation sites excluding steroid dienone is 1. The molecule has 0 spiro atoms. The number of benzene rings is 2. The lowest BCUT2D eigenvalue weighted by atomic mass is 10.0. The van der Waals surface area contributed by atoms with Gasteiger partial charge in [-0.2, -0.15) is 0 Å². The molecule has 3 aromatic rings. The Hall–Kier alpha value is -3.36. The molecular formula is C26H27FN4O3. The third kappa shape index (κ3) is 4.64. The lowest BCUT2D eigenvalue weighted by Gasteiger charge is -2.13. The summed E-state index contributed by atoms with van der Waals surface area (Å²) >= 11 is 0. The number of nitrogens with zero attached hydrogens (tertiary/aromatic N) is 3. The Bertz CT molecular complexity index is 1250. The summed E-state index contributed by atoms with van der Waals surface area (Å²) in [6.45, 7) is 4.08. The molecule has 0 saturated carbocycles. The van der Waals surface area contributed by atoms with Crippen molar-refractivity contribution in [2.45, 2.75) is 31.8 Å². The molecule has 2 saturated heterocycles. The van der Waals surface area contributed by atoms with Gasteiger partial charge in [-0.05, 0) is 49.2 Å². The molecule has 5 rings (SSSR count). The number of fused-ring (bicyclic) bond motifs is 2. The number of aromatic nitrogens is 2. The second-order valence-electron chi connectivity index (χ2n) is 8.73. The monoisotopic (exact) mass is 462 g/mol. The normalized spacial score (nSPS) is 21.4. The summed E-state index contributed by atoms with van der Waals surface area (Å²) < 4.78 is 24.7. The molecule has 7 nitrogen and oxygen atoms in total. The maximum Gasteiger partial charge on any atom is 0.159 e. The van der Waals surface area contributed by atoms with Gasteiger partial charge >= 0.3 is 0 Å². The minimum absolute atomic E-state index is 0.000704. The van der Waals surface area contributed by atoms with Gasteiger partial charge in [-0.15, -0.1) is 0 Å². The van der Waals surface area contributed by atoms with E-state index in [9.17, 15) is 9.18 Å². The topological polar surface area (TPSA) is 76.4 Å². The van der Waals surface area contributed by atoms with Gasteiger partial charge in [0, 0.05) is 54.4 Å². The maximum absolute atomic E-state index is 13.6. The van der Waals surface area contributed by atoms with Crippen LogP contribution in [0.1, 0.15) is 17.5 Å². The second kappa shape index (κ2) is 9.48. The van der Waals surface area contributed by atoms with Crippen molar-refractivity contribution in [3.8, 4) is 5.75 Å². The minimum atomic E-state index is -0.262. The quantitative estimate of drug-likeness (QED) is 0.401. The number of carbonyl (C=O) groups is 1. The number of hydrogen-bond acceptors (Lipinski definition) is 7. The fourth-order valence-corrected chi connectivity index (χ4v) is 4.60. The molecule has 2 fully saturated rings. The highest BCUT2D eigenvalue weighted by atomic mass is 19.1. The number of nitrogens with one attached hydrogen (secondary N) is 1. The number of methoxy groups -OCH3 is 1. The maximum atomic E-state index is 13.6. The molecular weight excluding hydrogens is 435 g/mol. The van der Waals surface area contributed by atoms with Crippen LogP contribution in [-0.4, -0.2) is 59.6 Å². The Morgan fingerprint density at radius 3 is 2.94 bits per heavy atom. The van der Waals surface area contributed by atoms with E-state index in [1.807, 2.05) is 18.2 Å². The van der Waals surface area contributed by atoms with Crippen molar-refractivity contribution >= 4 is 28.2 Å². The molecule has 2 aliphatic heterocycles. The average Bonchev–Trinajstić information content (AvgIpc) is 3.54. The lowest BCUT2D eigenvalue weighted by Crippen LogP contribution is -2.13. The van der Waals surface area contributed by atoms with Crippen LogP contribution in [0.2, 0.25) is 0 Å². The van der Waals surface area contributed by atoms with E-state index in [1.54, 1.807) is 32.2 Å². The number of rotatable bonds is 8. The van der Waals surface area contributed by atoms with E-state index < -0.39 is 0 Å². The highest BCUT2D eigenvalue weighted by molar-refractivity contribution is 5.96. The van der Waals surface area contributed by atoms with Gasteiger partial charge in [-0.3, -0.25) is 9.69 Å². The molecule has 3 atom stereocenters. The van der Waals surface area contributed by atoms with Crippen molar-refractivity contribution in [1.82, 2.24) is 14.9 Å². The summed E-state index contributed by atoms with van der Waals surface area (Å²) in [7, 11) is 1.58. The van der Waals surface area contributed by atoms with Crippen LogP contribution in [0.4, 0.5) is 15.9 Å². The number of ether oxygens (including phenoxy) is 2. The molecule has 176 valence electrons. The molecule has 0 radical (unpaired) electrons. The number of ketones is 1. The van der Waals surface area contributed by atoms with Crippen LogP contribution in [0.25, 0.3) is 10.9 Å². The molecule has 34 heavy (non-hydrogen) atoms. The van der Waals surface area contributed by atoms with Gasteiger partial charge in [0.1, 0.15) is 23.7 Å². The molecule has 1 aromatic heterocycles. The largest absolute Gasteiger partial charge is 0.496 e. The summed E-state index contributed by atoms with van der Waals surface area (Å²) in [6, 6.07) is 9.60. The summed E-state index contributed by atoms with van der Waals surface area (Å²) in [5, 5.41) is 3.99. The van der Waals surface area contributed by atoms with Gasteiger partial charge in [-0.1, -0.05) is 6.08 Å².